The second-order valence-corrected chi connectivity index (χ2v) is 4.79. The largest absolute Gasteiger partial charge is 0.547 e. The van der Waals surface area contributed by atoms with E-state index in [1.807, 2.05) is 29.8 Å². The van der Waals surface area contributed by atoms with Gasteiger partial charge in [-0.15, -0.1) is 0 Å². The Kier molecular flexibility index (Phi) is 6.52. The second kappa shape index (κ2) is 7.91. The summed E-state index contributed by atoms with van der Waals surface area (Å²) < 4.78 is 7.28. The molecule has 1 aromatic heterocycles. The molecule has 0 saturated heterocycles. The van der Waals surface area contributed by atoms with Crippen molar-refractivity contribution in [3.05, 3.63) is 18.2 Å². The number of aromatic nitrogens is 2. The van der Waals surface area contributed by atoms with Gasteiger partial charge in [-0.05, 0) is 20.5 Å². The van der Waals surface area contributed by atoms with Gasteiger partial charge in [-0.1, -0.05) is 6.92 Å². The number of rotatable bonds is 9. The lowest BCUT2D eigenvalue weighted by molar-refractivity contribution is -0.316. The van der Waals surface area contributed by atoms with E-state index >= 15 is 0 Å². The van der Waals surface area contributed by atoms with E-state index in [1.54, 1.807) is 6.33 Å². The number of carbonyl (C=O) groups is 1. The highest BCUT2D eigenvalue weighted by atomic mass is 16.5. The van der Waals surface area contributed by atoms with Crippen LogP contribution in [-0.2, 0) is 22.5 Å². The number of imidazole rings is 1. The summed E-state index contributed by atoms with van der Waals surface area (Å²) in [6.45, 7) is 3.99. The van der Waals surface area contributed by atoms with Gasteiger partial charge in [0.05, 0.1) is 24.6 Å². The maximum atomic E-state index is 11.0. The van der Waals surface area contributed by atoms with Crippen LogP contribution in [0.15, 0.2) is 12.5 Å². The summed E-state index contributed by atoms with van der Waals surface area (Å²) >= 11 is 0. The SMILES string of the molecule is CCCn1cnc(CC(OCCN(C)C)C(=O)[O-])c1. The van der Waals surface area contributed by atoms with E-state index in [0.717, 1.165) is 13.0 Å². The van der Waals surface area contributed by atoms with Gasteiger partial charge in [-0.25, -0.2) is 4.98 Å². The summed E-state index contributed by atoms with van der Waals surface area (Å²) in [4.78, 5) is 17.1. The molecule has 1 unspecified atom stereocenters. The molecule has 0 amide bonds. The van der Waals surface area contributed by atoms with Gasteiger partial charge in [0, 0.05) is 25.7 Å². The average Bonchev–Trinajstić information content (AvgIpc) is 2.75. The summed E-state index contributed by atoms with van der Waals surface area (Å²) in [5, 5.41) is 11.0. The maximum Gasteiger partial charge on any atom is 0.102 e. The van der Waals surface area contributed by atoms with Gasteiger partial charge in [-0.2, -0.15) is 0 Å². The van der Waals surface area contributed by atoms with Crippen molar-refractivity contribution in [1.82, 2.24) is 14.5 Å². The number of likely N-dealkylation sites (N-methyl/N-ethyl adjacent to an activating group) is 1. The van der Waals surface area contributed by atoms with Crippen LogP contribution in [-0.4, -0.2) is 53.8 Å². The molecule has 6 nitrogen and oxygen atoms in total. The lowest BCUT2D eigenvalue weighted by Crippen LogP contribution is -2.40. The molecule has 108 valence electrons. The molecule has 0 bridgehead atoms. The smallest absolute Gasteiger partial charge is 0.102 e. The molecule has 6 heteroatoms. The third-order valence-electron chi connectivity index (χ3n) is 2.68. The van der Waals surface area contributed by atoms with Crippen molar-refractivity contribution < 1.29 is 14.6 Å². The number of ether oxygens (including phenoxy) is 1. The minimum atomic E-state index is -1.19. The molecule has 0 saturated carbocycles. The number of hydrogen-bond donors (Lipinski definition) is 0. The number of carbonyl (C=O) groups excluding carboxylic acids is 1. The fourth-order valence-corrected chi connectivity index (χ4v) is 1.67. The summed E-state index contributed by atoms with van der Waals surface area (Å²) in [6, 6.07) is 0. The van der Waals surface area contributed by atoms with Gasteiger partial charge < -0.3 is 24.1 Å². The van der Waals surface area contributed by atoms with E-state index in [1.165, 1.54) is 0 Å². The molecule has 0 aliphatic rings. The molecule has 0 aliphatic heterocycles. The Labute approximate surface area is 114 Å². The number of hydrogen-bond acceptors (Lipinski definition) is 5. The zero-order chi connectivity index (χ0) is 14.3. The van der Waals surface area contributed by atoms with Gasteiger partial charge in [0.2, 0.25) is 0 Å². The molecule has 0 aliphatic carbocycles. The van der Waals surface area contributed by atoms with E-state index in [9.17, 15) is 9.90 Å². The molecular formula is C13H22N3O3-. The van der Waals surface area contributed by atoms with Crippen LogP contribution in [0.5, 0.6) is 0 Å². The van der Waals surface area contributed by atoms with Crippen LogP contribution in [0.2, 0.25) is 0 Å². The Balaban J connectivity index is 2.49. The molecule has 1 rings (SSSR count). The lowest BCUT2D eigenvalue weighted by Gasteiger charge is -2.19. The predicted molar refractivity (Wildman–Crippen MR) is 69.5 cm³/mol. The van der Waals surface area contributed by atoms with Gasteiger partial charge in [0.15, 0.2) is 0 Å². The zero-order valence-corrected chi connectivity index (χ0v) is 11.8. The van der Waals surface area contributed by atoms with Crippen molar-refractivity contribution in [1.29, 1.82) is 0 Å². The highest BCUT2D eigenvalue weighted by Crippen LogP contribution is 2.05. The van der Waals surface area contributed by atoms with Crippen molar-refractivity contribution in [3.8, 4) is 0 Å². The highest BCUT2D eigenvalue weighted by molar-refractivity contribution is 5.70. The molecular weight excluding hydrogens is 246 g/mol. The van der Waals surface area contributed by atoms with E-state index in [0.29, 0.717) is 18.8 Å². The number of nitrogens with zero attached hydrogens (tertiary/aromatic N) is 3. The van der Waals surface area contributed by atoms with Crippen LogP contribution in [0.4, 0.5) is 0 Å². The minimum Gasteiger partial charge on any atom is -0.547 e. The van der Waals surface area contributed by atoms with Gasteiger partial charge in [0.1, 0.15) is 6.10 Å². The van der Waals surface area contributed by atoms with Crippen LogP contribution >= 0.6 is 0 Å². The minimum absolute atomic E-state index is 0.243. The topological polar surface area (TPSA) is 70.4 Å². The quantitative estimate of drug-likeness (QED) is 0.605. The maximum absolute atomic E-state index is 11.0. The molecule has 0 radical (unpaired) electrons. The molecule has 0 N–H and O–H groups in total. The number of aryl methyl sites for hydroxylation is 1. The molecule has 1 aromatic rings. The Morgan fingerprint density at radius 3 is 2.89 bits per heavy atom. The first-order chi connectivity index (χ1) is 9.02. The first kappa shape index (κ1) is 15.7. The van der Waals surface area contributed by atoms with Crippen LogP contribution in [0, 0.1) is 0 Å². The number of carboxylic acid groups (broad SMARTS) is 1. The second-order valence-electron chi connectivity index (χ2n) is 4.79. The fraction of sp³-hybridized carbons (Fsp3) is 0.692. The Bertz CT molecular complexity index is 390. The van der Waals surface area contributed by atoms with Crippen molar-refractivity contribution in [3.63, 3.8) is 0 Å². The standard InChI is InChI=1S/C13H23N3O3/c1-4-5-16-9-11(14-10-16)8-12(13(17)18)19-7-6-15(2)3/h9-10,12H,4-8H2,1-3H3,(H,17,18)/p-1. The molecule has 0 fully saturated rings. The molecule has 1 atom stereocenters. The van der Waals surface area contributed by atoms with Crippen LogP contribution in [0.3, 0.4) is 0 Å². The van der Waals surface area contributed by atoms with E-state index in [4.69, 9.17) is 4.74 Å². The Morgan fingerprint density at radius 1 is 1.58 bits per heavy atom. The summed E-state index contributed by atoms with van der Waals surface area (Å²) in [5.74, 6) is -1.19. The average molecular weight is 268 g/mol. The first-order valence-electron chi connectivity index (χ1n) is 6.50. The molecule has 0 spiro atoms. The summed E-state index contributed by atoms with van der Waals surface area (Å²) in [7, 11) is 3.81. The third-order valence-corrected chi connectivity index (χ3v) is 2.68. The van der Waals surface area contributed by atoms with Crippen molar-refractivity contribution in [2.45, 2.75) is 32.4 Å². The Hall–Kier alpha value is -1.40. The van der Waals surface area contributed by atoms with Gasteiger partial charge in [0.25, 0.3) is 0 Å². The van der Waals surface area contributed by atoms with Crippen molar-refractivity contribution in [2.24, 2.45) is 0 Å². The predicted octanol–water partition coefficient (Wildman–Crippen LogP) is -0.468. The number of aliphatic carboxylic acids is 1. The highest BCUT2D eigenvalue weighted by Gasteiger charge is 2.13. The number of carboxylic acids is 1. The molecule has 19 heavy (non-hydrogen) atoms. The first-order valence-corrected chi connectivity index (χ1v) is 6.50. The summed E-state index contributed by atoms with van der Waals surface area (Å²) in [5.41, 5.74) is 0.715. The van der Waals surface area contributed by atoms with E-state index in [2.05, 4.69) is 11.9 Å². The summed E-state index contributed by atoms with van der Waals surface area (Å²) in [6.07, 6.45) is 3.88. The van der Waals surface area contributed by atoms with E-state index in [-0.39, 0.29) is 6.42 Å². The third kappa shape index (κ3) is 5.85. The molecule has 0 aromatic carbocycles. The Morgan fingerprint density at radius 2 is 2.32 bits per heavy atom. The van der Waals surface area contributed by atoms with Crippen molar-refractivity contribution in [2.75, 3.05) is 27.2 Å². The lowest BCUT2D eigenvalue weighted by atomic mass is 10.2. The van der Waals surface area contributed by atoms with Gasteiger partial charge in [-0.3, -0.25) is 0 Å². The van der Waals surface area contributed by atoms with E-state index < -0.39 is 12.1 Å². The fourth-order valence-electron chi connectivity index (χ4n) is 1.67. The van der Waals surface area contributed by atoms with Crippen LogP contribution in [0.1, 0.15) is 19.0 Å². The molecule has 1 heterocycles. The van der Waals surface area contributed by atoms with Gasteiger partial charge >= 0.3 is 0 Å². The van der Waals surface area contributed by atoms with Crippen molar-refractivity contribution >= 4 is 5.97 Å². The zero-order valence-electron chi connectivity index (χ0n) is 11.8. The van der Waals surface area contributed by atoms with Crippen LogP contribution < -0.4 is 5.11 Å². The van der Waals surface area contributed by atoms with Crippen LogP contribution in [0.25, 0.3) is 0 Å². The monoisotopic (exact) mass is 268 g/mol. The normalized spacial score (nSPS) is 12.8.